The van der Waals surface area contributed by atoms with Crippen LogP contribution in [0.15, 0.2) is 36.4 Å². The summed E-state index contributed by atoms with van der Waals surface area (Å²) in [6, 6.07) is 9.32. The minimum absolute atomic E-state index is 0.303. The van der Waals surface area contributed by atoms with Crippen molar-refractivity contribution >= 4 is 38.9 Å². The van der Waals surface area contributed by atoms with Gasteiger partial charge in [-0.05, 0) is 24.3 Å². The molecule has 0 aliphatic heterocycles. The smallest absolute Gasteiger partial charge is 0.245 e. The van der Waals surface area contributed by atoms with E-state index in [0.717, 1.165) is 10.6 Å². The number of hydrogen-bond acceptors (Lipinski definition) is 6. The standard InChI is InChI=1S/C18H21ClN2O6S/c1-25-13-7-5-12(6-8-13)21(28(4,23)24)11-18(22)20-15-10-16(26-2)14(19)9-17(15)27-3/h5-10H,11H2,1-4H3,(H,20,22). The highest BCUT2D eigenvalue weighted by molar-refractivity contribution is 7.92. The molecule has 10 heteroatoms. The first-order valence-electron chi connectivity index (χ1n) is 8.02. The molecule has 0 aliphatic carbocycles. The first-order chi connectivity index (χ1) is 13.2. The molecule has 2 rings (SSSR count). The first kappa shape index (κ1) is 21.6. The van der Waals surface area contributed by atoms with E-state index >= 15 is 0 Å². The fraction of sp³-hybridized carbons (Fsp3) is 0.278. The highest BCUT2D eigenvalue weighted by atomic mass is 35.5. The Morgan fingerprint density at radius 2 is 1.64 bits per heavy atom. The fourth-order valence-corrected chi connectivity index (χ4v) is 3.51. The maximum Gasteiger partial charge on any atom is 0.245 e. The number of benzene rings is 2. The minimum Gasteiger partial charge on any atom is -0.497 e. The Hall–Kier alpha value is -2.65. The van der Waals surface area contributed by atoms with E-state index in [1.54, 1.807) is 24.3 Å². The first-order valence-corrected chi connectivity index (χ1v) is 10.3. The SMILES string of the molecule is COc1ccc(N(CC(=O)Nc2cc(OC)c(Cl)cc2OC)S(C)(=O)=O)cc1. The largest absolute Gasteiger partial charge is 0.497 e. The average molecular weight is 429 g/mol. The zero-order valence-corrected chi connectivity index (χ0v) is 17.4. The third-order valence-corrected chi connectivity index (χ3v) is 5.23. The van der Waals surface area contributed by atoms with Gasteiger partial charge in [0.1, 0.15) is 23.8 Å². The van der Waals surface area contributed by atoms with Crippen molar-refractivity contribution in [2.45, 2.75) is 0 Å². The Kier molecular flexibility index (Phi) is 6.98. The number of carbonyl (C=O) groups is 1. The summed E-state index contributed by atoms with van der Waals surface area (Å²) in [5.41, 5.74) is 0.635. The van der Waals surface area contributed by atoms with Crippen LogP contribution in [0.1, 0.15) is 0 Å². The zero-order valence-electron chi connectivity index (χ0n) is 15.9. The molecule has 8 nitrogen and oxygen atoms in total. The molecule has 0 saturated heterocycles. The number of amides is 1. The summed E-state index contributed by atoms with van der Waals surface area (Å²) in [4.78, 5) is 12.5. The lowest BCUT2D eigenvalue weighted by molar-refractivity contribution is -0.114. The van der Waals surface area contributed by atoms with E-state index in [1.807, 2.05) is 0 Å². The number of halogens is 1. The van der Waals surface area contributed by atoms with Crippen LogP contribution in [0, 0.1) is 0 Å². The summed E-state index contributed by atoms with van der Waals surface area (Å²) in [5, 5.41) is 2.94. The minimum atomic E-state index is -3.71. The molecule has 1 N–H and O–H groups in total. The maximum absolute atomic E-state index is 12.5. The van der Waals surface area contributed by atoms with E-state index in [1.165, 1.54) is 33.5 Å². The monoisotopic (exact) mass is 428 g/mol. The average Bonchev–Trinajstić information content (AvgIpc) is 2.66. The highest BCUT2D eigenvalue weighted by Gasteiger charge is 2.22. The fourth-order valence-electron chi connectivity index (χ4n) is 2.43. The van der Waals surface area contributed by atoms with Gasteiger partial charge in [-0.25, -0.2) is 8.42 Å². The van der Waals surface area contributed by atoms with Crippen LogP contribution in [0.3, 0.4) is 0 Å². The lowest BCUT2D eigenvalue weighted by Gasteiger charge is -2.22. The van der Waals surface area contributed by atoms with Gasteiger partial charge in [0.15, 0.2) is 0 Å². The Labute approximate surface area is 169 Å². The molecule has 2 aromatic carbocycles. The van der Waals surface area contributed by atoms with Gasteiger partial charge in [0, 0.05) is 12.1 Å². The number of carbonyl (C=O) groups excluding carboxylic acids is 1. The number of sulfonamides is 1. The summed E-state index contributed by atoms with van der Waals surface area (Å²) in [5.74, 6) is 0.658. The molecule has 0 bridgehead atoms. The van der Waals surface area contributed by atoms with Crippen molar-refractivity contribution in [3.05, 3.63) is 41.4 Å². The molecule has 2 aromatic rings. The Morgan fingerprint density at radius 3 is 2.14 bits per heavy atom. The molecule has 1 amide bonds. The van der Waals surface area contributed by atoms with E-state index in [-0.39, 0.29) is 0 Å². The summed E-state index contributed by atoms with van der Waals surface area (Å²) in [6.45, 7) is -0.431. The number of hydrogen-bond donors (Lipinski definition) is 1. The van der Waals surface area contributed by atoms with Gasteiger partial charge in [-0.2, -0.15) is 0 Å². The molecule has 0 unspecified atom stereocenters. The normalized spacial score (nSPS) is 10.9. The molecular weight excluding hydrogens is 408 g/mol. The van der Waals surface area contributed by atoms with Crippen molar-refractivity contribution in [1.82, 2.24) is 0 Å². The van der Waals surface area contributed by atoms with Gasteiger partial charge < -0.3 is 19.5 Å². The quantitative estimate of drug-likeness (QED) is 0.694. The Morgan fingerprint density at radius 1 is 1.04 bits per heavy atom. The molecule has 152 valence electrons. The number of ether oxygens (including phenoxy) is 3. The van der Waals surface area contributed by atoms with Gasteiger partial charge in [-0.3, -0.25) is 9.10 Å². The van der Waals surface area contributed by atoms with Crippen LogP contribution in [0.2, 0.25) is 5.02 Å². The predicted octanol–water partition coefficient (Wildman–Crippen LogP) is 2.77. The van der Waals surface area contributed by atoms with Crippen molar-refractivity contribution in [3.8, 4) is 17.2 Å². The number of nitrogens with zero attached hydrogens (tertiary/aromatic N) is 1. The topological polar surface area (TPSA) is 94.2 Å². The number of nitrogens with one attached hydrogen (secondary N) is 1. The van der Waals surface area contributed by atoms with E-state index in [9.17, 15) is 13.2 Å². The number of rotatable bonds is 8. The van der Waals surface area contributed by atoms with Crippen LogP contribution < -0.4 is 23.8 Å². The second kappa shape index (κ2) is 9.03. The molecule has 0 spiro atoms. The van der Waals surface area contributed by atoms with Gasteiger partial charge in [-0.15, -0.1) is 0 Å². The number of methoxy groups -OCH3 is 3. The molecule has 0 saturated carbocycles. The van der Waals surface area contributed by atoms with Gasteiger partial charge >= 0.3 is 0 Å². The van der Waals surface area contributed by atoms with Gasteiger partial charge in [0.2, 0.25) is 15.9 Å². The van der Waals surface area contributed by atoms with Crippen molar-refractivity contribution in [3.63, 3.8) is 0 Å². The maximum atomic E-state index is 12.5. The van der Waals surface area contributed by atoms with Crippen LogP contribution in [0.25, 0.3) is 0 Å². The highest BCUT2D eigenvalue weighted by Crippen LogP contribution is 2.36. The summed E-state index contributed by atoms with van der Waals surface area (Å²) < 4.78 is 40.8. The molecule has 0 fully saturated rings. The predicted molar refractivity (Wildman–Crippen MR) is 108 cm³/mol. The van der Waals surface area contributed by atoms with E-state index in [4.69, 9.17) is 25.8 Å². The zero-order chi connectivity index (χ0) is 20.9. The molecule has 0 atom stereocenters. The summed E-state index contributed by atoms with van der Waals surface area (Å²) in [6.07, 6.45) is 1.02. The summed E-state index contributed by atoms with van der Waals surface area (Å²) >= 11 is 6.05. The molecule has 28 heavy (non-hydrogen) atoms. The molecule has 0 radical (unpaired) electrons. The van der Waals surface area contributed by atoms with E-state index in [0.29, 0.717) is 33.6 Å². The van der Waals surface area contributed by atoms with Crippen LogP contribution in [0.5, 0.6) is 17.2 Å². The van der Waals surface area contributed by atoms with Gasteiger partial charge in [-0.1, -0.05) is 11.6 Å². The second-order valence-corrected chi connectivity index (χ2v) is 8.02. The third kappa shape index (κ3) is 5.20. The lowest BCUT2D eigenvalue weighted by Crippen LogP contribution is -2.37. The molecule has 0 aliphatic rings. The summed E-state index contributed by atoms with van der Waals surface area (Å²) in [7, 11) is 0.662. The van der Waals surface area contributed by atoms with Crippen molar-refractivity contribution in [1.29, 1.82) is 0 Å². The van der Waals surface area contributed by atoms with Crippen LogP contribution in [0.4, 0.5) is 11.4 Å². The second-order valence-electron chi connectivity index (χ2n) is 5.70. The number of anilines is 2. The molecule has 0 aromatic heterocycles. The van der Waals surface area contributed by atoms with Crippen molar-refractivity contribution < 1.29 is 27.4 Å². The molecule has 0 heterocycles. The third-order valence-electron chi connectivity index (χ3n) is 3.80. The van der Waals surface area contributed by atoms with Gasteiger partial charge in [0.25, 0.3) is 0 Å². The van der Waals surface area contributed by atoms with Crippen molar-refractivity contribution in [2.75, 3.05) is 43.8 Å². The molecular formula is C18H21ClN2O6S. The van der Waals surface area contributed by atoms with Crippen LogP contribution in [-0.4, -0.2) is 48.5 Å². The van der Waals surface area contributed by atoms with E-state index in [2.05, 4.69) is 5.32 Å². The van der Waals surface area contributed by atoms with Crippen molar-refractivity contribution in [2.24, 2.45) is 0 Å². The van der Waals surface area contributed by atoms with Crippen LogP contribution >= 0.6 is 11.6 Å². The Balaban J connectivity index is 2.27. The van der Waals surface area contributed by atoms with E-state index < -0.39 is 22.5 Å². The Bertz CT molecular complexity index is 947. The van der Waals surface area contributed by atoms with Crippen LogP contribution in [-0.2, 0) is 14.8 Å². The lowest BCUT2D eigenvalue weighted by atomic mass is 10.2. The van der Waals surface area contributed by atoms with Gasteiger partial charge in [0.05, 0.1) is 44.0 Å².